The van der Waals surface area contributed by atoms with Crippen LogP contribution in [0.1, 0.15) is 12.5 Å². The summed E-state index contributed by atoms with van der Waals surface area (Å²) in [6.45, 7) is 7.61. The lowest BCUT2D eigenvalue weighted by Crippen LogP contribution is -2.49. The lowest BCUT2D eigenvalue weighted by Gasteiger charge is -2.33. The van der Waals surface area contributed by atoms with Gasteiger partial charge in [-0.25, -0.2) is 8.42 Å². The number of allylic oxidation sites excluding steroid dienone is 1. The standard InChI is InChI=1S/C24H25BrCl2N4O3S/c1-3-23(35(33,34)29-10-8-28-9-11-29)31-16(2)30(21-14-19(26)13-20(27)15-21)24(32)22(31)12-17-4-6-18(25)7-5-17/h3-7,13-15,22,28H,2,8-12H2,1H3/b23-3+. The molecular formula is C24H25BrCl2N4O3S. The van der Waals surface area contributed by atoms with Crippen molar-refractivity contribution in [1.29, 1.82) is 0 Å². The minimum Gasteiger partial charge on any atom is -0.314 e. The zero-order chi connectivity index (χ0) is 25.3. The van der Waals surface area contributed by atoms with E-state index in [1.807, 2.05) is 24.3 Å². The Balaban J connectivity index is 1.79. The molecule has 2 fully saturated rings. The summed E-state index contributed by atoms with van der Waals surface area (Å²) in [5.74, 6) is -0.0895. The summed E-state index contributed by atoms with van der Waals surface area (Å²) in [4.78, 5) is 16.7. The largest absolute Gasteiger partial charge is 0.314 e. The molecule has 2 aliphatic rings. The normalized spacial score (nSPS) is 20.1. The maximum atomic E-state index is 13.8. The molecule has 2 heterocycles. The molecule has 186 valence electrons. The number of sulfonamides is 1. The van der Waals surface area contributed by atoms with E-state index in [0.29, 0.717) is 41.9 Å². The van der Waals surface area contributed by atoms with Crippen LogP contribution in [0.2, 0.25) is 10.0 Å². The van der Waals surface area contributed by atoms with Crippen molar-refractivity contribution in [1.82, 2.24) is 14.5 Å². The van der Waals surface area contributed by atoms with Gasteiger partial charge >= 0.3 is 0 Å². The van der Waals surface area contributed by atoms with E-state index in [1.165, 1.54) is 20.2 Å². The first kappa shape index (κ1) is 26.2. The number of amides is 1. The van der Waals surface area contributed by atoms with Crippen LogP contribution in [0, 0.1) is 0 Å². The quantitative estimate of drug-likeness (QED) is 0.526. The third kappa shape index (κ3) is 5.30. The van der Waals surface area contributed by atoms with Crippen molar-refractivity contribution in [3.8, 4) is 0 Å². The number of carbonyl (C=O) groups is 1. The van der Waals surface area contributed by atoms with E-state index in [1.54, 1.807) is 25.1 Å². The molecule has 35 heavy (non-hydrogen) atoms. The highest BCUT2D eigenvalue weighted by atomic mass is 79.9. The van der Waals surface area contributed by atoms with Gasteiger partial charge in [-0.3, -0.25) is 9.69 Å². The molecule has 2 aliphatic heterocycles. The number of hydrogen-bond acceptors (Lipinski definition) is 5. The molecule has 0 aliphatic carbocycles. The fourth-order valence-corrected chi connectivity index (χ4v) is 6.84. The van der Waals surface area contributed by atoms with Gasteiger partial charge in [0, 0.05) is 47.1 Å². The number of benzene rings is 2. The number of nitrogens with zero attached hydrogens (tertiary/aromatic N) is 3. The van der Waals surface area contributed by atoms with Crippen molar-refractivity contribution in [2.24, 2.45) is 0 Å². The molecule has 0 saturated carbocycles. The second-order valence-corrected chi connectivity index (χ2v) is 11.9. The number of hydrogen-bond donors (Lipinski definition) is 1. The molecular weight excluding hydrogens is 575 g/mol. The topological polar surface area (TPSA) is 73.0 Å². The maximum Gasteiger partial charge on any atom is 0.258 e. The summed E-state index contributed by atoms with van der Waals surface area (Å²) < 4.78 is 29.8. The van der Waals surface area contributed by atoms with Gasteiger partial charge in [-0.2, -0.15) is 4.31 Å². The van der Waals surface area contributed by atoms with E-state index in [2.05, 4.69) is 27.8 Å². The van der Waals surface area contributed by atoms with Gasteiger partial charge in [0.1, 0.15) is 16.9 Å². The molecule has 1 amide bonds. The fourth-order valence-electron chi connectivity index (χ4n) is 4.35. The Hall–Kier alpha value is -1.88. The van der Waals surface area contributed by atoms with E-state index in [0.717, 1.165) is 10.0 Å². The number of rotatable bonds is 6. The van der Waals surface area contributed by atoms with Gasteiger partial charge in [0.25, 0.3) is 15.9 Å². The first-order valence-corrected chi connectivity index (χ1v) is 14.0. The lowest BCUT2D eigenvalue weighted by atomic mass is 10.1. The Bertz CT molecular complexity index is 1260. The molecule has 0 radical (unpaired) electrons. The average molecular weight is 600 g/mol. The van der Waals surface area contributed by atoms with Gasteiger partial charge in [-0.05, 0) is 42.8 Å². The second-order valence-electron chi connectivity index (χ2n) is 8.21. The zero-order valence-electron chi connectivity index (χ0n) is 19.0. The van der Waals surface area contributed by atoms with Crippen LogP contribution in [0.5, 0.6) is 0 Å². The van der Waals surface area contributed by atoms with Crippen molar-refractivity contribution in [2.75, 3.05) is 31.1 Å². The molecule has 11 heteroatoms. The van der Waals surface area contributed by atoms with E-state index in [4.69, 9.17) is 23.2 Å². The van der Waals surface area contributed by atoms with E-state index < -0.39 is 16.1 Å². The third-order valence-corrected chi connectivity index (χ3v) is 8.94. The van der Waals surface area contributed by atoms with Gasteiger partial charge in [0.2, 0.25) is 0 Å². The predicted octanol–water partition coefficient (Wildman–Crippen LogP) is 4.58. The minimum atomic E-state index is -3.89. The van der Waals surface area contributed by atoms with Crippen LogP contribution < -0.4 is 10.2 Å². The molecule has 4 rings (SSSR count). The Morgan fingerprint density at radius 2 is 1.74 bits per heavy atom. The molecule has 0 bridgehead atoms. The van der Waals surface area contributed by atoms with Gasteiger partial charge in [-0.1, -0.05) is 63.9 Å². The van der Waals surface area contributed by atoms with Crippen molar-refractivity contribution in [3.05, 3.63) is 86.1 Å². The van der Waals surface area contributed by atoms with Crippen LogP contribution in [-0.4, -0.2) is 55.8 Å². The van der Waals surface area contributed by atoms with Crippen LogP contribution in [0.15, 0.2) is 70.4 Å². The van der Waals surface area contributed by atoms with Crippen LogP contribution in [-0.2, 0) is 21.2 Å². The molecule has 1 atom stereocenters. The Morgan fingerprint density at radius 1 is 1.14 bits per heavy atom. The molecule has 1 N–H and O–H groups in total. The SMILES string of the molecule is C=C1N(c2cc(Cl)cc(Cl)c2)C(=O)C(Cc2ccc(Br)cc2)N1/C(=C\C)S(=O)(=O)N1CCNCC1. The Morgan fingerprint density at radius 3 is 2.31 bits per heavy atom. The summed E-state index contributed by atoms with van der Waals surface area (Å²) >= 11 is 15.9. The Kier molecular flexibility index (Phi) is 7.95. The number of halogens is 3. The zero-order valence-corrected chi connectivity index (χ0v) is 23.0. The first-order chi connectivity index (χ1) is 16.6. The average Bonchev–Trinajstić information content (AvgIpc) is 3.05. The van der Waals surface area contributed by atoms with E-state index in [-0.39, 0.29) is 23.2 Å². The molecule has 1 unspecified atom stereocenters. The highest BCUT2D eigenvalue weighted by molar-refractivity contribution is 9.10. The smallest absolute Gasteiger partial charge is 0.258 e. The summed E-state index contributed by atoms with van der Waals surface area (Å²) in [6.07, 6.45) is 1.81. The fraction of sp³-hybridized carbons (Fsp3) is 0.292. The highest BCUT2D eigenvalue weighted by Crippen LogP contribution is 2.38. The number of nitrogens with one attached hydrogen (secondary N) is 1. The van der Waals surface area contributed by atoms with Crippen molar-refractivity contribution in [3.63, 3.8) is 0 Å². The van der Waals surface area contributed by atoms with Crippen molar-refractivity contribution < 1.29 is 13.2 Å². The molecule has 0 spiro atoms. The summed E-state index contributed by atoms with van der Waals surface area (Å²) in [7, 11) is -3.89. The van der Waals surface area contributed by atoms with Crippen molar-refractivity contribution >= 4 is 60.7 Å². The number of anilines is 1. The van der Waals surface area contributed by atoms with Gasteiger partial charge in [0.15, 0.2) is 0 Å². The number of piperazine rings is 1. The predicted molar refractivity (Wildman–Crippen MR) is 144 cm³/mol. The highest BCUT2D eigenvalue weighted by Gasteiger charge is 2.47. The molecule has 2 aromatic carbocycles. The van der Waals surface area contributed by atoms with E-state index in [9.17, 15) is 13.2 Å². The van der Waals surface area contributed by atoms with Gasteiger partial charge in [0.05, 0.1) is 5.69 Å². The van der Waals surface area contributed by atoms with Crippen LogP contribution >= 0.6 is 39.1 Å². The van der Waals surface area contributed by atoms with Gasteiger partial charge in [-0.15, -0.1) is 0 Å². The maximum absolute atomic E-state index is 13.8. The van der Waals surface area contributed by atoms with Gasteiger partial charge < -0.3 is 10.2 Å². The first-order valence-electron chi connectivity index (χ1n) is 11.0. The summed E-state index contributed by atoms with van der Waals surface area (Å²) in [5, 5.41) is 3.90. The van der Waals surface area contributed by atoms with Crippen LogP contribution in [0.25, 0.3) is 0 Å². The van der Waals surface area contributed by atoms with E-state index >= 15 is 0 Å². The second kappa shape index (κ2) is 10.6. The minimum absolute atomic E-state index is 0.0236. The van der Waals surface area contributed by atoms with Crippen molar-refractivity contribution in [2.45, 2.75) is 19.4 Å². The number of carbonyl (C=O) groups excluding carboxylic acids is 1. The lowest BCUT2D eigenvalue weighted by molar-refractivity contribution is -0.119. The van der Waals surface area contributed by atoms with Crippen LogP contribution in [0.4, 0.5) is 5.69 Å². The Labute approximate surface area is 224 Å². The molecule has 2 saturated heterocycles. The summed E-state index contributed by atoms with van der Waals surface area (Å²) in [5.41, 5.74) is 1.31. The third-order valence-electron chi connectivity index (χ3n) is 5.97. The molecule has 7 nitrogen and oxygen atoms in total. The summed E-state index contributed by atoms with van der Waals surface area (Å²) in [6, 6.07) is 11.5. The monoisotopic (exact) mass is 598 g/mol. The molecule has 0 aromatic heterocycles. The molecule has 2 aromatic rings. The van der Waals surface area contributed by atoms with Crippen LogP contribution in [0.3, 0.4) is 0 Å².